The monoisotopic (exact) mass is 349 g/mol. The molecule has 3 atom stereocenters. The highest BCUT2D eigenvalue weighted by molar-refractivity contribution is 5.83. The van der Waals surface area contributed by atoms with E-state index in [-0.39, 0.29) is 24.7 Å². The van der Waals surface area contributed by atoms with Crippen LogP contribution in [-0.4, -0.2) is 71.0 Å². The van der Waals surface area contributed by atoms with E-state index in [1.54, 1.807) is 28.1 Å². The van der Waals surface area contributed by atoms with Gasteiger partial charge >= 0.3 is 0 Å². The lowest BCUT2D eigenvalue weighted by molar-refractivity contribution is -0.127. The van der Waals surface area contributed by atoms with Crippen molar-refractivity contribution in [2.24, 2.45) is 5.73 Å². The van der Waals surface area contributed by atoms with Crippen molar-refractivity contribution < 1.29 is 28.5 Å². The molecule has 0 aromatic heterocycles. The quantitative estimate of drug-likeness (QED) is 0.281. The molecule has 142 valence electrons. The summed E-state index contributed by atoms with van der Waals surface area (Å²) in [6.07, 6.45) is -0.535. The van der Waals surface area contributed by atoms with Gasteiger partial charge in [-0.3, -0.25) is 9.59 Å². The van der Waals surface area contributed by atoms with Crippen LogP contribution in [0.25, 0.3) is 0 Å². The molecule has 0 fully saturated rings. The van der Waals surface area contributed by atoms with Crippen LogP contribution in [0, 0.1) is 0 Å². The summed E-state index contributed by atoms with van der Waals surface area (Å²) < 4.78 is 20.3. The first kappa shape index (κ1) is 22.7. The van der Waals surface area contributed by atoms with Gasteiger partial charge in [0.1, 0.15) is 12.5 Å². The minimum atomic E-state index is -0.783. The van der Waals surface area contributed by atoms with Gasteiger partial charge in [0.25, 0.3) is 0 Å². The van der Waals surface area contributed by atoms with Gasteiger partial charge in [-0.1, -0.05) is 0 Å². The highest BCUT2D eigenvalue weighted by atomic mass is 16.5. The lowest BCUT2D eigenvalue weighted by Crippen LogP contribution is -2.46. The predicted octanol–water partition coefficient (Wildman–Crippen LogP) is -0.656. The van der Waals surface area contributed by atoms with Gasteiger partial charge in [0.05, 0.1) is 32.5 Å². The van der Waals surface area contributed by atoms with E-state index in [0.717, 1.165) is 0 Å². The Labute approximate surface area is 143 Å². The number of hydrogen-bond acceptors (Lipinski definition) is 7. The molecular formula is C15H31N3O6. The van der Waals surface area contributed by atoms with Gasteiger partial charge in [-0.2, -0.15) is 0 Å². The Morgan fingerprint density at radius 3 is 1.92 bits per heavy atom. The third-order valence-corrected chi connectivity index (χ3v) is 3.04. The molecule has 2 amide bonds. The van der Waals surface area contributed by atoms with Crippen molar-refractivity contribution in [2.45, 2.75) is 45.2 Å². The summed E-state index contributed by atoms with van der Waals surface area (Å²) >= 11 is 0. The zero-order chi connectivity index (χ0) is 18.4. The van der Waals surface area contributed by atoms with E-state index < -0.39 is 18.5 Å². The van der Waals surface area contributed by atoms with Gasteiger partial charge < -0.3 is 35.3 Å². The Morgan fingerprint density at radius 2 is 1.42 bits per heavy atom. The molecule has 0 saturated heterocycles. The van der Waals surface area contributed by atoms with Crippen LogP contribution in [0.5, 0.6) is 0 Å². The maximum Gasteiger partial charge on any atom is 0.238 e. The van der Waals surface area contributed by atoms with Crippen LogP contribution < -0.4 is 16.4 Å². The Kier molecular flexibility index (Phi) is 13.4. The van der Waals surface area contributed by atoms with Gasteiger partial charge in [-0.15, -0.1) is 0 Å². The lowest BCUT2D eigenvalue weighted by Gasteiger charge is -2.18. The van der Waals surface area contributed by atoms with E-state index in [1.165, 1.54) is 0 Å². The minimum Gasteiger partial charge on any atom is -0.382 e. The average molecular weight is 349 g/mol. The molecule has 0 spiro atoms. The van der Waals surface area contributed by atoms with Crippen molar-refractivity contribution in [1.82, 2.24) is 10.6 Å². The minimum absolute atomic E-state index is 0.130. The van der Waals surface area contributed by atoms with Crippen molar-refractivity contribution in [1.29, 1.82) is 0 Å². The van der Waals surface area contributed by atoms with Crippen molar-refractivity contribution in [2.75, 3.05) is 40.6 Å². The van der Waals surface area contributed by atoms with Crippen LogP contribution in [0.4, 0.5) is 0 Å². The first-order valence-corrected chi connectivity index (χ1v) is 7.97. The molecule has 9 heteroatoms. The number of methoxy groups -OCH3 is 2. The number of amides is 2. The molecule has 0 bridgehead atoms. The van der Waals surface area contributed by atoms with Crippen molar-refractivity contribution >= 4 is 11.8 Å². The highest BCUT2D eigenvalue weighted by Gasteiger charge is 2.18. The smallest absolute Gasteiger partial charge is 0.238 e. The first-order chi connectivity index (χ1) is 11.4. The number of carbonyl (C=O) groups excluding carboxylic acids is 2. The van der Waals surface area contributed by atoms with Gasteiger partial charge in [0, 0.05) is 20.6 Å². The van der Waals surface area contributed by atoms with Gasteiger partial charge in [-0.25, -0.2) is 0 Å². The van der Waals surface area contributed by atoms with E-state index in [0.29, 0.717) is 26.4 Å². The van der Waals surface area contributed by atoms with Crippen LogP contribution >= 0.6 is 0 Å². The fourth-order valence-corrected chi connectivity index (χ4v) is 1.72. The number of nitrogens with one attached hydrogen (secondary N) is 2. The second-order valence-corrected chi connectivity index (χ2v) is 5.23. The molecule has 0 aliphatic heterocycles. The molecule has 0 aliphatic carbocycles. The second kappa shape index (κ2) is 14.1. The molecule has 0 heterocycles. The molecule has 0 aromatic carbocycles. The Balaban J connectivity index is 3.90. The van der Waals surface area contributed by atoms with Crippen LogP contribution in [0.1, 0.15) is 26.7 Å². The van der Waals surface area contributed by atoms with Crippen LogP contribution in [0.3, 0.4) is 0 Å². The van der Waals surface area contributed by atoms with Crippen LogP contribution in [0.15, 0.2) is 0 Å². The normalized spacial score (nSPS) is 14.7. The fourth-order valence-electron chi connectivity index (χ4n) is 1.72. The number of nitrogens with two attached hydrogens (primary N) is 1. The zero-order valence-corrected chi connectivity index (χ0v) is 15.0. The lowest BCUT2D eigenvalue weighted by atomic mass is 10.1. The van der Waals surface area contributed by atoms with E-state index >= 15 is 0 Å². The summed E-state index contributed by atoms with van der Waals surface area (Å²) in [7, 11) is 3.14. The van der Waals surface area contributed by atoms with Gasteiger partial charge in [0.15, 0.2) is 0 Å². The summed E-state index contributed by atoms with van der Waals surface area (Å²) in [5.41, 5.74) is 5.78. The van der Waals surface area contributed by atoms with Crippen LogP contribution in [0.2, 0.25) is 0 Å². The topological polar surface area (TPSA) is 121 Å². The van der Waals surface area contributed by atoms with Gasteiger partial charge in [0.2, 0.25) is 11.8 Å². The molecular weight excluding hydrogens is 318 g/mol. The third kappa shape index (κ3) is 12.2. The van der Waals surface area contributed by atoms with E-state index in [1.807, 2.05) is 0 Å². The number of carbonyl (C=O) groups is 2. The maximum absolute atomic E-state index is 11.9. The van der Waals surface area contributed by atoms with Crippen molar-refractivity contribution in [3.8, 4) is 0 Å². The molecule has 0 radical (unpaired) electrons. The summed E-state index contributed by atoms with van der Waals surface area (Å²) in [4.78, 5) is 23.6. The van der Waals surface area contributed by atoms with E-state index in [2.05, 4.69) is 10.6 Å². The van der Waals surface area contributed by atoms with E-state index in [4.69, 9.17) is 24.7 Å². The van der Waals surface area contributed by atoms with Crippen molar-refractivity contribution in [3.05, 3.63) is 0 Å². The standard InChI is InChI=1S/C15H31N3O6/c1-11(23-9-7-21-3)17-14(19)6-5-13(16)15(20)18-12(2)24-10-8-22-4/h11-13H,5-10,16H2,1-4H3,(H,17,19)(H,18,20). The largest absolute Gasteiger partial charge is 0.382 e. The molecule has 3 unspecified atom stereocenters. The first-order valence-electron chi connectivity index (χ1n) is 7.97. The molecule has 9 nitrogen and oxygen atoms in total. The zero-order valence-electron chi connectivity index (χ0n) is 15.0. The third-order valence-electron chi connectivity index (χ3n) is 3.04. The summed E-state index contributed by atoms with van der Waals surface area (Å²) in [5, 5.41) is 5.29. The molecule has 4 N–H and O–H groups in total. The fraction of sp³-hybridized carbons (Fsp3) is 0.867. The summed E-state index contributed by atoms with van der Waals surface area (Å²) in [5.74, 6) is -0.593. The second-order valence-electron chi connectivity index (χ2n) is 5.23. The number of hydrogen-bond donors (Lipinski definition) is 3. The summed E-state index contributed by atoms with van der Waals surface area (Å²) in [6.45, 7) is 5.08. The van der Waals surface area contributed by atoms with Gasteiger partial charge in [-0.05, 0) is 20.3 Å². The van der Waals surface area contributed by atoms with E-state index in [9.17, 15) is 9.59 Å². The van der Waals surface area contributed by atoms with Crippen LogP contribution in [-0.2, 0) is 28.5 Å². The predicted molar refractivity (Wildman–Crippen MR) is 88.1 cm³/mol. The highest BCUT2D eigenvalue weighted by Crippen LogP contribution is 1.98. The Hall–Kier alpha value is -1.26. The van der Waals surface area contributed by atoms with Crippen molar-refractivity contribution in [3.63, 3.8) is 0 Å². The Bertz CT molecular complexity index is 356. The maximum atomic E-state index is 11.9. The Morgan fingerprint density at radius 1 is 0.917 bits per heavy atom. The SMILES string of the molecule is COCCOC(C)NC(=O)CCC(N)C(=O)NC(C)OCCOC. The molecule has 0 aromatic rings. The average Bonchev–Trinajstić information content (AvgIpc) is 2.53. The molecule has 24 heavy (non-hydrogen) atoms. The summed E-state index contributed by atoms with van der Waals surface area (Å²) in [6, 6.07) is -0.783. The molecule has 0 aliphatic rings. The number of ether oxygens (including phenoxy) is 4. The number of rotatable bonds is 14. The molecule has 0 saturated carbocycles. The molecule has 0 rings (SSSR count).